The molecule has 18 heavy (non-hydrogen) atoms. The van der Waals surface area contributed by atoms with Gasteiger partial charge in [0.15, 0.2) is 0 Å². The summed E-state index contributed by atoms with van der Waals surface area (Å²) in [5.74, 6) is 0. The maximum absolute atomic E-state index is 10.7. The molecule has 1 heterocycles. The van der Waals surface area contributed by atoms with Crippen LogP contribution < -0.4 is 4.72 Å². The Labute approximate surface area is 133 Å². The molecule has 1 aromatic carbocycles. The summed E-state index contributed by atoms with van der Waals surface area (Å²) >= 11 is 0. The largest absolute Gasteiger partial charge is 0.308 e. The SMILES string of the molecule is CS(=O)(=O)Nc1[c-]cccc1.[Y].[c-]1cccnc1. The average molecular weight is 337 g/mol. The Morgan fingerprint density at radius 1 is 1.22 bits per heavy atom. The van der Waals surface area contributed by atoms with E-state index in [-0.39, 0.29) is 32.7 Å². The minimum absolute atomic E-state index is 0. The predicted molar refractivity (Wildman–Crippen MR) is 66.8 cm³/mol. The van der Waals surface area contributed by atoms with Crippen molar-refractivity contribution >= 4 is 15.7 Å². The zero-order chi connectivity index (χ0) is 12.6. The first-order valence-corrected chi connectivity index (χ1v) is 6.67. The van der Waals surface area contributed by atoms with Crippen LogP contribution >= 0.6 is 0 Å². The minimum atomic E-state index is -3.16. The molecule has 4 nitrogen and oxygen atoms in total. The van der Waals surface area contributed by atoms with Crippen molar-refractivity contribution in [2.75, 3.05) is 11.0 Å². The van der Waals surface area contributed by atoms with Crippen molar-refractivity contribution in [1.82, 2.24) is 4.98 Å². The van der Waals surface area contributed by atoms with Gasteiger partial charge in [0, 0.05) is 32.7 Å². The van der Waals surface area contributed by atoms with E-state index in [0.29, 0.717) is 5.69 Å². The van der Waals surface area contributed by atoms with E-state index in [9.17, 15) is 8.42 Å². The molecule has 0 saturated carbocycles. The van der Waals surface area contributed by atoms with Crippen LogP contribution in [0.3, 0.4) is 0 Å². The molecule has 0 aliphatic rings. The fourth-order valence-corrected chi connectivity index (χ4v) is 1.46. The zero-order valence-corrected chi connectivity index (χ0v) is 13.5. The molecule has 0 bridgehead atoms. The molecular formula is C12H12N2O2SY-2. The van der Waals surface area contributed by atoms with Gasteiger partial charge in [0.1, 0.15) is 0 Å². The normalized spacial score (nSPS) is 9.39. The Morgan fingerprint density at radius 2 is 2.00 bits per heavy atom. The topological polar surface area (TPSA) is 59.1 Å². The number of pyridine rings is 1. The molecule has 6 heteroatoms. The summed E-state index contributed by atoms with van der Waals surface area (Å²) in [6.07, 6.45) is 4.45. The Morgan fingerprint density at radius 3 is 2.33 bits per heavy atom. The van der Waals surface area contributed by atoms with Gasteiger partial charge in [-0.15, -0.1) is 6.07 Å². The second-order valence-electron chi connectivity index (χ2n) is 3.10. The third-order valence-corrected chi connectivity index (χ3v) is 2.11. The van der Waals surface area contributed by atoms with Crippen LogP contribution in [0.5, 0.6) is 0 Å². The first-order valence-electron chi connectivity index (χ1n) is 4.78. The van der Waals surface area contributed by atoms with E-state index in [0.717, 1.165) is 6.26 Å². The van der Waals surface area contributed by atoms with Crippen LogP contribution in [-0.4, -0.2) is 19.7 Å². The second kappa shape index (κ2) is 9.19. The number of benzene rings is 1. The molecule has 0 amide bonds. The molecule has 1 radical (unpaired) electrons. The van der Waals surface area contributed by atoms with Crippen molar-refractivity contribution in [1.29, 1.82) is 0 Å². The number of anilines is 1. The third kappa shape index (κ3) is 9.27. The maximum atomic E-state index is 10.7. The molecule has 0 unspecified atom stereocenters. The maximum Gasteiger partial charge on any atom is 0.227 e. The summed E-state index contributed by atoms with van der Waals surface area (Å²) in [6.45, 7) is 0. The van der Waals surface area contributed by atoms with Crippen LogP contribution in [0.25, 0.3) is 0 Å². The van der Waals surface area contributed by atoms with Gasteiger partial charge in [-0.05, 0) is 0 Å². The number of hydrogen-bond acceptors (Lipinski definition) is 3. The zero-order valence-electron chi connectivity index (χ0n) is 9.87. The van der Waals surface area contributed by atoms with Gasteiger partial charge in [-0.3, -0.25) is 0 Å². The van der Waals surface area contributed by atoms with Gasteiger partial charge in [-0.2, -0.15) is 30.3 Å². The number of nitrogens with zero attached hydrogens (tertiary/aromatic N) is 1. The molecule has 0 aliphatic heterocycles. The second-order valence-corrected chi connectivity index (χ2v) is 4.85. The minimum Gasteiger partial charge on any atom is -0.308 e. The number of para-hydroxylation sites is 1. The number of aromatic nitrogens is 1. The molecular weight excluding hydrogens is 325 g/mol. The smallest absolute Gasteiger partial charge is 0.227 e. The van der Waals surface area contributed by atoms with E-state index in [4.69, 9.17) is 0 Å². The molecule has 0 aliphatic carbocycles. The van der Waals surface area contributed by atoms with Crippen LogP contribution in [0, 0.1) is 12.1 Å². The first kappa shape index (κ1) is 17.2. The first-order chi connectivity index (χ1) is 8.08. The number of rotatable bonds is 2. The van der Waals surface area contributed by atoms with Crippen LogP contribution in [0.1, 0.15) is 0 Å². The molecule has 1 N–H and O–H groups in total. The Hall–Kier alpha value is -0.776. The van der Waals surface area contributed by atoms with E-state index in [2.05, 4.69) is 21.8 Å². The molecule has 0 atom stereocenters. The van der Waals surface area contributed by atoms with Crippen LogP contribution in [0.2, 0.25) is 0 Å². The summed E-state index contributed by atoms with van der Waals surface area (Å²) in [6, 6.07) is 16.0. The number of sulfonamides is 1. The van der Waals surface area contributed by atoms with Crippen LogP contribution in [0.4, 0.5) is 5.69 Å². The van der Waals surface area contributed by atoms with Crippen molar-refractivity contribution < 1.29 is 41.1 Å². The summed E-state index contributed by atoms with van der Waals surface area (Å²) in [5, 5.41) is 0. The molecule has 0 spiro atoms. The van der Waals surface area contributed by atoms with Gasteiger partial charge in [0.05, 0.1) is 6.26 Å². The van der Waals surface area contributed by atoms with Gasteiger partial charge in [-0.1, -0.05) is 18.1 Å². The summed E-state index contributed by atoms with van der Waals surface area (Å²) in [7, 11) is -3.16. The molecule has 2 aromatic rings. The standard InChI is InChI=1S/C7H8NO2S.C5H4N.Y/c1-11(9,10)8-7-5-3-2-4-6-7;1-2-4-6-5-3-1;/h2-5,8H,1H3;1-2,4-5H;/q2*-1;. The summed E-state index contributed by atoms with van der Waals surface area (Å²) in [5.41, 5.74) is 0.468. The van der Waals surface area contributed by atoms with Gasteiger partial charge < -0.3 is 9.71 Å². The van der Waals surface area contributed by atoms with Gasteiger partial charge >= 0.3 is 0 Å². The summed E-state index contributed by atoms with van der Waals surface area (Å²) in [4.78, 5) is 3.73. The van der Waals surface area contributed by atoms with Gasteiger partial charge in [0.2, 0.25) is 10.0 Å². The molecule has 1 aromatic heterocycles. The van der Waals surface area contributed by atoms with Crippen molar-refractivity contribution in [2.45, 2.75) is 0 Å². The van der Waals surface area contributed by atoms with Crippen molar-refractivity contribution in [3.05, 3.63) is 60.9 Å². The van der Waals surface area contributed by atoms with Gasteiger partial charge in [0.25, 0.3) is 0 Å². The Balaban J connectivity index is 0.000000352. The molecule has 2 rings (SSSR count). The van der Waals surface area contributed by atoms with E-state index >= 15 is 0 Å². The average Bonchev–Trinajstić information content (AvgIpc) is 2.31. The van der Waals surface area contributed by atoms with E-state index < -0.39 is 10.0 Å². The van der Waals surface area contributed by atoms with Crippen molar-refractivity contribution in [2.24, 2.45) is 0 Å². The van der Waals surface area contributed by atoms with E-state index in [1.54, 1.807) is 36.7 Å². The van der Waals surface area contributed by atoms with Crippen LogP contribution in [-0.2, 0) is 42.7 Å². The van der Waals surface area contributed by atoms with Crippen molar-refractivity contribution in [3.63, 3.8) is 0 Å². The van der Waals surface area contributed by atoms with E-state index in [1.165, 1.54) is 0 Å². The number of hydrogen-bond donors (Lipinski definition) is 1. The number of nitrogens with one attached hydrogen (secondary N) is 1. The molecule has 0 fully saturated rings. The monoisotopic (exact) mass is 337 g/mol. The third-order valence-electron chi connectivity index (χ3n) is 1.52. The fourth-order valence-electron chi connectivity index (χ4n) is 0.934. The van der Waals surface area contributed by atoms with Crippen molar-refractivity contribution in [3.8, 4) is 0 Å². The van der Waals surface area contributed by atoms with Gasteiger partial charge in [-0.25, -0.2) is 20.6 Å². The predicted octanol–water partition coefficient (Wildman–Crippen LogP) is 1.74. The quantitative estimate of drug-likeness (QED) is 0.850. The van der Waals surface area contributed by atoms with E-state index in [1.807, 2.05) is 12.1 Å². The molecule has 93 valence electrons. The van der Waals surface area contributed by atoms with Crippen LogP contribution in [0.15, 0.2) is 48.8 Å². The Bertz CT molecular complexity index is 492. The summed E-state index contributed by atoms with van der Waals surface area (Å²) < 4.78 is 23.6. The molecule has 0 saturated heterocycles. The fraction of sp³-hybridized carbons (Fsp3) is 0.0833. The Kier molecular flexibility index (Phi) is 8.80.